The lowest BCUT2D eigenvalue weighted by Crippen LogP contribution is -2.44. The molecule has 4 nitrogen and oxygen atoms in total. The van der Waals surface area contributed by atoms with E-state index in [9.17, 15) is 4.79 Å². The monoisotopic (exact) mass is 339 g/mol. The smallest absolute Gasteiger partial charge is 0.373 e. The second-order valence-electron chi connectivity index (χ2n) is 7.28. The molecular formula is C21H25NO3. The van der Waals surface area contributed by atoms with Crippen LogP contribution in [0.2, 0.25) is 0 Å². The molecule has 25 heavy (non-hydrogen) atoms. The Kier molecular flexibility index (Phi) is 4.23. The topological polar surface area (TPSA) is 42.7 Å². The number of furan rings is 1. The Labute approximate surface area is 149 Å². The Morgan fingerprint density at radius 2 is 1.84 bits per heavy atom. The van der Waals surface area contributed by atoms with Crippen LogP contribution in [0, 0.1) is 13.8 Å². The van der Waals surface area contributed by atoms with E-state index in [4.69, 9.17) is 9.15 Å². The van der Waals surface area contributed by atoms with Gasteiger partial charge < -0.3 is 14.1 Å². The minimum Gasteiger partial charge on any atom is -0.463 e. The van der Waals surface area contributed by atoms with E-state index < -0.39 is 5.97 Å². The van der Waals surface area contributed by atoms with Crippen molar-refractivity contribution in [3.8, 4) is 0 Å². The third kappa shape index (κ3) is 3.09. The van der Waals surface area contributed by atoms with Crippen molar-refractivity contribution in [2.24, 2.45) is 0 Å². The molecule has 0 unspecified atom stereocenters. The van der Waals surface area contributed by atoms with Crippen LogP contribution in [0.15, 0.2) is 34.8 Å². The largest absolute Gasteiger partial charge is 0.463 e. The molecule has 0 fully saturated rings. The molecule has 0 radical (unpaired) electrons. The lowest BCUT2D eigenvalue weighted by Gasteiger charge is -2.43. The van der Waals surface area contributed by atoms with E-state index in [2.05, 4.69) is 57.7 Å². The van der Waals surface area contributed by atoms with E-state index in [1.807, 2.05) is 6.07 Å². The van der Waals surface area contributed by atoms with Gasteiger partial charge in [-0.3, -0.25) is 0 Å². The maximum atomic E-state index is 11.6. The van der Waals surface area contributed by atoms with E-state index in [0.29, 0.717) is 6.54 Å². The van der Waals surface area contributed by atoms with E-state index in [0.717, 1.165) is 5.76 Å². The number of methoxy groups -OCH3 is 1. The highest BCUT2D eigenvalue weighted by molar-refractivity contribution is 5.86. The fourth-order valence-electron chi connectivity index (χ4n) is 3.45. The first-order chi connectivity index (χ1) is 11.7. The minimum atomic E-state index is -0.452. The van der Waals surface area contributed by atoms with Crippen molar-refractivity contribution >= 4 is 17.2 Å². The quantitative estimate of drug-likeness (QED) is 0.747. The number of hydrogen-bond acceptors (Lipinski definition) is 4. The predicted molar refractivity (Wildman–Crippen MR) is 99.9 cm³/mol. The van der Waals surface area contributed by atoms with Crippen LogP contribution in [-0.2, 0) is 11.3 Å². The van der Waals surface area contributed by atoms with E-state index in [-0.39, 0.29) is 11.3 Å². The minimum absolute atomic E-state index is 0.156. The molecule has 0 bridgehead atoms. The summed E-state index contributed by atoms with van der Waals surface area (Å²) in [5.41, 5.74) is 6.14. The van der Waals surface area contributed by atoms with Crippen LogP contribution in [0.4, 0.5) is 5.69 Å². The third-order valence-corrected chi connectivity index (χ3v) is 4.96. The van der Waals surface area contributed by atoms with Crippen molar-refractivity contribution in [3.63, 3.8) is 0 Å². The van der Waals surface area contributed by atoms with Crippen LogP contribution >= 0.6 is 0 Å². The van der Waals surface area contributed by atoms with Crippen LogP contribution in [0.3, 0.4) is 0 Å². The highest BCUT2D eigenvalue weighted by atomic mass is 16.5. The van der Waals surface area contributed by atoms with Crippen molar-refractivity contribution in [1.29, 1.82) is 0 Å². The van der Waals surface area contributed by atoms with Gasteiger partial charge in [-0.1, -0.05) is 6.08 Å². The number of benzene rings is 1. The van der Waals surface area contributed by atoms with Gasteiger partial charge >= 0.3 is 5.97 Å². The number of hydrogen-bond donors (Lipinski definition) is 0. The fraction of sp³-hybridized carbons (Fsp3) is 0.381. The van der Waals surface area contributed by atoms with E-state index in [1.54, 1.807) is 6.07 Å². The molecule has 0 saturated carbocycles. The molecule has 1 aromatic heterocycles. The Hall–Kier alpha value is -2.49. The number of anilines is 1. The van der Waals surface area contributed by atoms with Crippen LogP contribution in [-0.4, -0.2) is 18.6 Å². The average Bonchev–Trinajstić information content (AvgIpc) is 3.01. The SMILES string of the molecule is COC(=O)c1ccc(CN2c3cc(C)c(C)cc3C(C)=CC2(C)C)o1. The molecule has 0 aliphatic carbocycles. The van der Waals surface area contributed by atoms with Crippen molar-refractivity contribution in [2.75, 3.05) is 12.0 Å². The summed E-state index contributed by atoms with van der Waals surface area (Å²) in [5.74, 6) is 0.525. The van der Waals surface area contributed by atoms with Crippen LogP contribution in [0.5, 0.6) is 0 Å². The number of esters is 1. The maximum Gasteiger partial charge on any atom is 0.373 e. The van der Waals surface area contributed by atoms with Gasteiger partial charge in [0.25, 0.3) is 0 Å². The zero-order chi connectivity index (χ0) is 18.4. The Morgan fingerprint density at radius 3 is 2.52 bits per heavy atom. The van der Waals surface area contributed by atoms with Crippen LogP contribution in [0.25, 0.3) is 5.57 Å². The molecule has 1 aliphatic rings. The molecule has 0 spiro atoms. The number of allylic oxidation sites excluding steroid dienone is 1. The summed E-state index contributed by atoms with van der Waals surface area (Å²) in [6, 6.07) is 8.00. The fourth-order valence-corrected chi connectivity index (χ4v) is 3.45. The molecule has 132 valence electrons. The Morgan fingerprint density at radius 1 is 1.16 bits per heavy atom. The van der Waals surface area contributed by atoms with Crippen molar-refractivity contribution in [2.45, 2.75) is 46.7 Å². The van der Waals surface area contributed by atoms with Gasteiger partial charge in [0.1, 0.15) is 5.76 Å². The van der Waals surface area contributed by atoms with Crippen LogP contribution < -0.4 is 4.90 Å². The number of aryl methyl sites for hydroxylation is 2. The highest BCUT2D eigenvalue weighted by Gasteiger charge is 2.32. The summed E-state index contributed by atoms with van der Waals surface area (Å²) in [6.07, 6.45) is 2.29. The number of nitrogens with zero attached hydrogens (tertiary/aromatic N) is 1. The Bertz CT molecular complexity index is 858. The van der Waals surface area contributed by atoms with Crippen LogP contribution in [0.1, 0.15) is 53.8 Å². The van der Waals surface area contributed by atoms with E-state index in [1.165, 1.54) is 35.1 Å². The summed E-state index contributed by atoms with van der Waals surface area (Å²) in [7, 11) is 1.35. The zero-order valence-electron chi connectivity index (χ0n) is 15.8. The Balaban J connectivity index is 2.02. The number of carbonyl (C=O) groups excluding carboxylic acids is 1. The molecule has 1 aliphatic heterocycles. The highest BCUT2D eigenvalue weighted by Crippen LogP contribution is 2.41. The summed E-state index contributed by atoms with van der Waals surface area (Å²) in [4.78, 5) is 14.0. The molecule has 1 aromatic carbocycles. The molecule has 3 rings (SSSR count). The van der Waals surface area contributed by atoms with E-state index >= 15 is 0 Å². The van der Waals surface area contributed by atoms with Gasteiger partial charge in [0, 0.05) is 11.3 Å². The summed E-state index contributed by atoms with van der Waals surface area (Å²) in [6.45, 7) is 11.4. The predicted octanol–water partition coefficient (Wildman–Crippen LogP) is 4.89. The van der Waals surface area contributed by atoms with Gasteiger partial charge in [-0.25, -0.2) is 4.79 Å². The third-order valence-electron chi connectivity index (χ3n) is 4.96. The lowest BCUT2D eigenvalue weighted by atomic mass is 9.87. The van der Waals surface area contributed by atoms with Crippen molar-refractivity contribution in [1.82, 2.24) is 0 Å². The lowest BCUT2D eigenvalue weighted by molar-refractivity contribution is 0.0563. The first-order valence-corrected chi connectivity index (χ1v) is 8.48. The standard InChI is InChI=1S/C21H25NO3/c1-13-9-17-15(3)11-21(4,5)22(18(17)10-14(13)2)12-16-7-8-19(25-16)20(23)24-6/h7-11H,12H2,1-6H3. The summed E-state index contributed by atoms with van der Waals surface area (Å²) < 4.78 is 10.4. The van der Waals surface area contributed by atoms with Gasteiger partial charge in [-0.2, -0.15) is 0 Å². The van der Waals surface area contributed by atoms with Gasteiger partial charge in [0.15, 0.2) is 0 Å². The summed E-state index contributed by atoms with van der Waals surface area (Å²) in [5, 5.41) is 0. The molecule has 2 aromatic rings. The molecule has 0 amide bonds. The number of rotatable bonds is 3. The molecule has 4 heteroatoms. The number of carbonyl (C=O) groups is 1. The molecule has 0 atom stereocenters. The molecular weight excluding hydrogens is 314 g/mol. The normalized spacial score (nSPS) is 15.6. The van der Waals surface area contributed by atoms with Gasteiger partial charge in [-0.05, 0) is 75.6 Å². The van der Waals surface area contributed by atoms with Gasteiger partial charge in [0.05, 0.1) is 19.2 Å². The second-order valence-corrected chi connectivity index (χ2v) is 7.28. The number of fused-ring (bicyclic) bond motifs is 1. The van der Waals surface area contributed by atoms with Gasteiger partial charge in [-0.15, -0.1) is 0 Å². The zero-order valence-corrected chi connectivity index (χ0v) is 15.8. The average molecular weight is 339 g/mol. The van der Waals surface area contributed by atoms with Crippen molar-refractivity contribution < 1.29 is 13.9 Å². The molecule has 2 heterocycles. The first-order valence-electron chi connectivity index (χ1n) is 8.48. The number of ether oxygens (including phenoxy) is 1. The maximum absolute atomic E-state index is 11.6. The molecule has 0 saturated heterocycles. The first kappa shape index (κ1) is 17.3. The van der Waals surface area contributed by atoms with Crippen molar-refractivity contribution in [3.05, 3.63) is 58.6 Å². The van der Waals surface area contributed by atoms with Gasteiger partial charge in [0.2, 0.25) is 5.76 Å². The summed E-state index contributed by atoms with van der Waals surface area (Å²) >= 11 is 0. The molecule has 0 N–H and O–H groups in total. The second kappa shape index (κ2) is 6.10.